The van der Waals surface area contributed by atoms with Crippen molar-refractivity contribution in [2.75, 3.05) is 0 Å². The summed E-state index contributed by atoms with van der Waals surface area (Å²) < 4.78 is 1.37. The topological polar surface area (TPSA) is 39.4 Å². The van der Waals surface area contributed by atoms with Gasteiger partial charge in [-0.3, -0.25) is 4.94 Å². The second-order valence-corrected chi connectivity index (χ2v) is 1.32. The first-order valence-corrected chi connectivity index (χ1v) is 2.45. The molecule has 0 unspecified atom stereocenters. The molecule has 0 aliphatic heterocycles. The average molecular weight is 124 g/mol. The average Bonchev–Trinajstić information content (AvgIpc) is 2.34. The van der Waals surface area contributed by atoms with Crippen LogP contribution in [-0.4, -0.2) is 15.9 Å². The summed E-state index contributed by atoms with van der Waals surface area (Å²) in [6.45, 7) is 1.65. The van der Waals surface area contributed by atoms with Crippen LogP contribution in [-0.2, 0) is 0 Å². The molecule has 9 heavy (non-hydrogen) atoms. The monoisotopic (exact) mass is 124 g/mol. The number of nitrogens with zero attached hydrogens (tertiary/aromatic N) is 3. The van der Waals surface area contributed by atoms with Crippen LogP contribution in [0.2, 0.25) is 0 Å². The smallest absolute Gasteiger partial charge is 0.134 e. The highest BCUT2D eigenvalue weighted by molar-refractivity contribution is 5.52. The summed E-state index contributed by atoms with van der Waals surface area (Å²) in [4.78, 5) is 8.39. The van der Waals surface area contributed by atoms with Crippen molar-refractivity contribution in [3.8, 4) is 0 Å². The summed E-state index contributed by atoms with van der Waals surface area (Å²) in [5, 5.41) is 3.39. The van der Waals surface area contributed by atoms with E-state index >= 15 is 0 Å². The van der Waals surface area contributed by atoms with Gasteiger partial charge < -0.3 is 0 Å². The third-order valence-electron chi connectivity index (χ3n) is 0.707. The van der Waals surface area contributed by atoms with Crippen molar-refractivity contribution in [3.63, 3.8) is 0 Å². The lowest BCUT2D eigenvalue weighted by Crippen LogP contribution is -2.00. The Kier molecular flexibility index (Phi) is 1.85. The van der Waals surface area contributed by atoms with Gasteiger partial charge in [0.2, 0.25) is 0 Å². The molecule has 0 bridgehead atoms. The van der Waals surface area contributed by atoms with Crippen molar-refractivity contribution in [1.29, 1.82) is 0 Å². The molecular weight excluding hydrogens is 118 g/mol. The molecule has 0 aliphatic rings. The molecule has 1 rings (SSSR count). The van der Waals surface area contributed by atoms with E-state index in [9.17, 15) is 0 Å². The van der Waals surface area contributed by atoms with Gasteiger partial charge in [-0.05, 0) is 6.92 Å². The standard InChI is InChI=1S/C5H6N3O/c1-2-7-9-8-4-3-6-5-8/h3-5H,1H3. The maximum Gasteiger partial charge on any atom is 0.134 e. The van der Waals surface area contributed by atoms with Crippen molar-refractivity contribution in [2.24, 2.45) is 5.16 Å². The van der Waals surface area contributed by atoms with E-state index < -0.39 is 0 Å². The van der Waals surface area contributed by atoms with Crippen molar-refractivity contribution in [1.82, 2.24) is 9.71 Å². The Labute approximate surface area is 52.7 Å². The first-order valence-electron chi connectivity index (χ1n) is 2.45. The van der Waals surface area contributed by atoms with Crippen molar-refractivity contribution in [2.45, 2.75) is 6.92 Å². The van der Waals surface area contributed by atoms with Gasteiger partial charge in [0, 0.05) is 6.20 Å². The van der Waals surface area contributed by atoms with Gasteiger partial charge in [-0.15, -0.1) is 4.73 Å². The van der Waals surface area contributed by atoms with Crippen LogP contribution < -0.4 is 4.94 Å². The third-order valence-corrected chi connectivity index (χ3v) is 0.707. The summed E-state index contributed by atoms with van der Waals surface area (Å²) in [6.07, 6.45) is 7.20. The molecule has 1 heterocycles. The molecule has 0 fully saturated rings. The van der Waals surface area contributed by atoms with Gasteiger partial charge in [0.1, 0.15) is 12.5 Å². The van der Waals surface area contributed by atoms with E-state index in [0.29, 0.717) is 0 Å². The molecule has 0 amide bonds. The second kappa shape index (κ2) is 2.86. The lowest BCUT2D eigenvalue weighted by atomic mass is 10.9. The Morgan fingerprint density at radius 1 is 1.78 bits per heavy atom. The molecule has 0 aliphatic carbocycles. The Morgan fingerprint density at radius 2 is 2.67 bits per heavy atom. The van der Waals surface area contributed by atoms with Crippen molar-refractivity contribution >= 4 is 6.21 Å². The molecule has 0 aromatic carbocycles. The Hall–Kier alpha value is -1.32. The minimum atomic E-state index is 1.37. The summed E-state index contributed by atoms with van der Waals surface area (Å²) in [6, 6.07) is 0. The molecular formula is C5H6N3O. The fraction of sp³-hybridized carbons (Fsp3) is 0.200. The van der Waals surface area contributed by atoms with E-state index in [1.54, 1.807) is 19.3 Å². The van der Waals surface area contributed by atoms with Gasteiger partial charge in [-0.25, -0.2) is 4.98 Å². The van der Waals surface area contributed by atoms with Crippen LogP contribution in [0.5, 0.6) is 0 Å². The molecule has 0 saturated heterocycles. The molecule has 4 heteroatoms. The number of hydrogen-bond donors (Lipinski definition) is 0. The third kappa shape index (κ3) is 1.56. The Balaban J connectivity index is 2.48. The van der Waals surface area contributed by atoms with Crippen LogP contribution in [0.25, 0.3) is 0 Å². The van der Waals surface area contributed by atoms with Crippen LogP contribution in [0.4, 0.5) is 0 Å². The van der Waals surface area contributed by atoms with Crippen LogP contribution in [0.1, 0.15) is 6.92 Å². The van der Waals surface area contributed by atoms with Crippen LogP contribution in [0, 0.1) is 0 Å². The molecule has 0 saturated carbocycles. The summed E-state index contributed by atoms with van der Waals surface area (Å²) in [7, 11) is 0. The quantitative estimate of drug-likeness (QED) is 0.417. The molecule has 4 nitrogen and oxygen atoms in total. The fourth-order valence-corrected chi connectivity index (χ4v) is 0.383. The van der Waals surface area contributed by atoms with Crippen LogP contribution >= 0.6 is 0 Å². The summed E-state index contributed by atoms with van der Waals surface area (Å²) >= 11 is 0. The predicted octanol–water partition coefficient (Wildman–Crippen LogP) is 0.194. The van der Waals surface area contributed by atoms with E-state index in [1.807, 2.05) is 0 Å². The number of rotatable bonds is 2. The van der Waals surface area contributed by atoms with Gasteiger partial charge in [0.15, 0.2) is 0 Å². The van der Waals surface area contributed by atoms with Crippen molar-refractivity contribution in [3.05, 3.63) is 18.7 Å². The molecule has 1 radical (unpaired) electrons. The van der Waals surface area contributed by atoms with Crippen LogP contribution in [0.3, 0.4) is 0 Å². The Morgan fingerprint density at radius 3 is 3.22 bits per heavy atom. The molecule has 0 atom stereocenters. The maximum atomic E-state index is 4.66. The highest BCUT2D eigenvalue weighted by Gasteiger charge is 1.81. The highest BCUT2D eigenvalue weighted by Crippen LogP contribution is 1.78. The van der Waals surface area contributed by atoms with Gasteiger partial charge in [0.05, 0.1) is 6.20 Å². The van der Waals surface area contributed by atoms with Gasteiger partial charge in [0.25, 0.3) is 0 Å². The lowest BCUT2D eigenvalue weighted by Gasteiger charge is -1.91. The normalized spacial score (nSPS) is 10.3. The number of aromatic nitrogens is 2. The summed E-state index contributed by atoms with van der Waals surface area (Å²) in [5.74, 6) is 0. The largest absolute Gasteiger partial charge is 0.262 e. The number of imidazole rings is 1. The van der Waals surface area contributed by atoms with E-state index in [-0.39, 0.29) is 0 Å². The maximum absolute atomic E-state index is 4.66. The zero-order valence-electron chi connectivity index (χ0n) is 4.98. The molecule has 1 aromatic rings. The second-order valence-electron chi connectivity index (χ2n) is 1.32. The SMILES string of the molecule is C[C]=NOn1ccnc1. The van der Waals surface area contributed by atoms with E-state index in [2.05, 4.69) is 21.3 Å². The van der Waals surface area contributed by atoms with Gasteiger partial charge in [-0.1, -0.05) is 5.16 Å². The first kappa shape index (κ1) is 5.81. The number of hydrogen-bond acceptors (Lipinski definition) is 3. The zero-order valence-corrected chi connectivity index (χ0v) is 4.98. The summed E-state index contributed by atoms with van der Waals surface area (Å²) in [5.41, 5.74) is 0. The zero-order chi connectivity index (χ0) is 6.53. The minimum Gasteiger partial charge on any atom is -0.262 e. The Bertz CT molecular complexity index is 180. The minimum absolute atomic E-state index is 1.37. The lowest BCUT2D eigenvalue weighted by molar-refractivity contribution is 0.119. The fourth-order valence-electron chi connectivity index (χ4n) is 0.383. The first-order chi connectivity index (χ1) is 4.43. The van der Waals surface area contributed by atoms with E-state index in [0.717, 1.165) is 0 Å². The predicted molar refractivity (Wildman–Crippen MR) is 31.9 cm³/mol. The van der Waals surface area contributed by atoms with Crippen LogP contribution in [0.15, 0.2) is 23.9 Å². The van der Waals surface area contributed by atoms with E-state index in [4.69, 9.17) is 0 Å². The highest BCUT2D eigenvalue weighted by atomic mass is 16.8. The van der Waals surface area contributed by atoms with Gasteiger partial charge in [-0.2, -0.15) is 0 Å². The molecule has 0 spiro atoms. The van der Waals surface area contributed by atoms with E-state index in [1.165, 1.54) is 11.1 Å². The van der Waals surface area contributed by atoms with Gasteiger partial charge >= 0.3 is 0 Å². The molecule has 0 N–H and O–H groups in total. The van der Waals surface area contributed by atoms with Crippen molar-refractivity contribution < 1.29 is 4.94 Å². The molecule has 1 aromatic heterocycles. The molecule has 47 valence electrons.